The lowest BCUT2D eigenvalue weighted by molar-refractivity contribution is -0.119. The predicted molar refractivity (Wildman–Crippen MR) is 99.6 cm³/mol. The van der Waals surface area contributed by atoms with Gasteiger partial charge in [0.15, 0.2) is 5.96 Å². The van der Waals surface area contributed by atoms with Crippen molar-refractivity contribution in [1.29, 1.82) is 0 Å². The van der Waals surface area contributed by atoms with Gasteiger partial charge in [0.2, 0.25) is 5.91 Å². The van der Waals surface area contributed by atoms with E-state index in [1.165, 1.54) is 12.1 Å². The quantitative estimate of drug-likeness (QED) is 0.512. The number of benzene rings is 1. The third-order valence-electron chi connectivity index (χ3n) is 4.03. The molecule has 0 bridgehead atoms. The van der Waals surface area contributed by atoms with E-state index in [1.807, 2.05) is 20.8 Å². The van der Waals surface area contributed by atoms with Crippen LogP contribution < -0.4 is 16.0 Å². The van der Waals surface area contributed by atoms with Crippen LogP contribution in [0.25, 0.3) is 0 Å². The van der Waals surface area contributed by atoms with Crippen molar-refractivity contribution in [3.8, 4) is 0 Å². The fourth-order valence-electron chi connectivity index (χ4n) is 2.43. The Kier molecular flexibility index (Phi) is 6.64. The molecule has 7 heteroatoms. The Morgan fingerprint density at radius 2 is 2.08 bits per heavy atom. The number of hydrogen-bond donors (Lipinski definition) is 3. The minimum Gasteiger partial charge on any atom is -0.357 e. The van der Waals surface area contributed by atoms with E-state index in [1.54, 1.807) is 6.07 Å². The summed E-state index contributed by atoms with van der Waals surface area (Å²) in [7, 11) is 0. The van der Waals surface area contributed by atoms with Crippen LogP contribution in [0.1, 0.15) is 39.2 Å². The van der Waals surface area contributed by atoms with Gasteiger partial charge in [0.05, 0.1) is 0 Å². The largest absolute Gasteiger partial charge is 0.357 e. The highest BCUT2D eigenvalue weighted by Crippen LogP contribution is 2.29. The molecule has 0 atom stereocenters. The molecule has 0 heterocycles. The van der Waals surface area contributed by atoms with Crippen molar-refractivity contribution >= 4 is 23.5 Å². The van der Waals surface area contributed by atoms with E-state index in [0.29, 0.717) is 30.1 Å². The maximum absolute atomic E-state index is 13.3. The van der Waals surface area contributed by atoms with Gasteiger partial charge in [-0.2, -0.15) is 0 Å². The van der Waals surface area contributed by atoms with E-state index >= 15 is 0 Å². The number of amides is 1. The topological polar surface area (TPSA) is 65.5 Å². The standard InChI is InChI=1S/C18H26ClFN4O/c1-4-21-17(22-10-16(25)24-13-6-7-13)23-11-18(2,3)14-8-5-12(20)9-15(14)19/h5,8-9,13H,4,6-7,10-11H2,1-3H3,(H,24,25)(H2,21,22,23). The SMILES string of the molecule is CCNC(=NCC(=O)NC1CC1)NCC(C)(C)c1ccc(F)cc1Cl. The molecule has 0 spiro atoms. The number of aliphatic imine (C=N–C) groups is 1. The Bertz CT molecular complexity index is 644. The molecule has 1 aliphatic carbocycles. The molecule has 138 valence electrons. The number of nitrogens with one attached hydrogen (secondary N) is 3. The van der Waals surface area contributed by atoms with E-state index in [9.17, 15) is 9.18 Å². The molecule has 1 aromatic rings. The van der Waals surface area contributed by atoms with Crippen LogP contribution in [0, 0.1) is 5.82 Å². The third kappa shape index (κ3) is 6.20. The summed E-state index contributed by atoms with van der Waals surface area (Å²) in [6, 6.07) is 4.76. The predicted octanol–water partition coefficient (Wildman–Crippen LogP) is 2.59. The van der Waals surface area contributed by atoms with Crippen LogP contribution in [-0.2, 0) is 10.2 Å². The van der Waals surface area contributed by atoms with E-state index in [4.69, 9.17) is 11.6 Å². The number of nitrogens with zero attached hydrogens (tertiary/aromatic N) is 1. The van der Waals surface area contributed by atoms with Gasteiger partial charge in [0.1, 0.15) is 12.4 Å². The van der Waals surface area contributed by atoms with Crippen molar-refractivity contribution in [3.05, 3.63) is 34.6 Å². The molecule has 1 aliphatic rings. The van der Waals surface area contributed by atoms with Gasteiger partial charge in [-0.1, -0.05) is 31.5 Å². The molecule has 1 saturated carbocycles. The normalized spacial score (nSPS) is 15.0. The van der Waals surface area contributed by atoms with Crippen LogP contribution in [0.4, 0.5) is 4.39 Å². The molecule has 0 aromatic heterocycles. The maximum atomic E-state index is 13.3. The Morgan fingerprint density at radius 3 is 2.68 bits per heavy atom. The van der Waals surface area contributed by atoms with Crippen LogP contribution in [0.15, 0.2) is 23.2 Å². The highest BCUT2D eigenvalue weighted by molar-refractivity contribution is 6.31. The number of guanidine groups is 1. The van der Waals surface area contributed by atoms with Crippen LogP contribution in [0.5, 0.6) is 0 Å². The summed E-state index contributed by atoms with van der Waals surface area (Å²) in [5, 5.41) is 9.66. The molecule has 2 rings (SSSR count). The average Bonchev–Trinajstić information content (AvgIpc) is 3.33. The second-order valence-electron chi connectivity index (χ2n) is 6.90. The summed E-state index contributed by atoms with van der Waals surface area (Å²) >= 11 is 6.18. The first-order valence-electron chi connectivity index (χ1n) is 8.59. The summed E-state index contributed by atoms with van der Waals surface area (Å²) in [6.45, 7) is 7.31. The second kappa shape index (κ2) is 8.52. The van der Waals surface area contributed by atoms with Gasteiger partial charge in [-0.15, -0.1) is 0 Å². The van der Waals surface area contributed by atoms with Gasteiger partial charge in [-0.3, -0.25) is 4.79 Å². The maximum Gasteiger partial charge on any atom is 0.242 e. The van der Waals surface area contributed by atoms with Gasteiger partial charge in [-0.25, -0.2) is 9.38 Å². The number of carbonyl (C=O) groups excluding carboxylic acids is 1. The first-order chi connectivity index (χ1) is 11.8. The average molecular weight is 369 g/mol. The summed E-state index contributed by atoms with van der Waals surface area (Å²) < 4.78 is 13.3. The molecular weight excluding hydrogens is 343 g/mol. The van der Waals surface area contributed by atoms with Crippen molar-refractivity contribution in [2.24, 2.45) is 4.99 Å². The summed E-state index contributed by atoms with van der Waals surface area (Å²) in [4.78, 5) is 16.1. The molecular formula is C18H26ClFN4O. The zero-order valence-corrected chi connectivity index (χ0v) is 15.7. The van der Waals surface area contributed by atoms with Crippen LogP contribution >= 0.6 is 11.6 Å². The van der Waals surface area contributed by atoms with Gasteiger partial charge in [-0.05, 0) is 37.5 Å². The minimum absolute atomic E-state index is 0.0689. The lowest BCUT2D eigenvalue weighted by Gasteiger charge is -2.27. The molecule has 5 nitrogen and oxygen atoms in total. The number of rotatable bonds is 7. The van der Waals surface area contributed by atoms with E-state index in [-0.39, 0.29) is 23.7 Å². The lowest BCUT2D eigenvalue weighted by atomic mass is 9.84. The molecule has 0 radical (unpaired) electrons. The summed E-state index contributed by atoms with van der Waals surface area (Å²) in [6.07, 6.45) is 2.11. The van der Waals surface area contributed by atoms with E-state index in [2.05, 4.69) is 20.9 Å². The fraction of sp³-hybridized carbons (Fsp3) is 0.556. The number of hydrogen-bond acceptors (Lipinski definition) is 2. The number of halogens is 2. The zero-order chi connectivity index (χ0) is 18.4. The van der Waals surface area contributed by atoms with Crippen molar-refractivity contribution < 1.29 is 9.18 Å². The van der Waals surface area contributed by atoms with Gasteiger partial charge in [0, 0.05) is 29.6 Å². The summed E-state index contributed by atoms with van der Waals surface area (Å²) in [5.41, 5.74) is 0.516. The first-order valence-corrected chi connectivity index (χ1v) is 8.96. The highest BCUT2D eigenvalue weighted by Gasteiger charge is 2.25. The fourth-order valence-corrected chi connectivity index (χ4v) is 2.85. The van der Waals surface area contributed by atoms with Crippen molar-refractivity contribution in [2.45, 2.75) is 45.1 Å². The van der Waals surface area contributed by atoms with E-state index < -0.39 is 0 Å². The smallest absolute Gasteiger partial charge is 0.242 e. The Morgan fingerprint density at radius 1 is 1.36 bits per heavy atom. The van der Waals surface area contributed by atoms with Crippen molar-refractivity contribution in [3.63, 3.8) is 0 Å². The van der Waals surface area contributed by atoms with Crippen LogP contribution in [-0.4, -0.2) is 37.5 Å². The Labute approximate surface area is 153 Å². The van der Waals surface area contributed by atoms with Crippen molar-refractivity contribution in [1.82, 2.24) is 16.0 Å². The van der Waals surface area contributed by atoms with Crippen LogP contribution in [0.2, 0.25) is 5.02 Å². The molecule has 0 saturated heterocycles. The lowest BCUT2D eigenvalue weighted by Crippen LogP contribution is -2.44. The van der Waals surface area contributed by atoms with Crippen LogP contribution in [0.3, 0.4) is 0 Å². The molecule has 25 heavy (non-hydrogen) atoms. The van der Waals surface area contributed by atoms with Gasteiger partial charge < -0.3 is 16.0 Å². The Balaban J connectivity index is 1.96. The highest BCUT2D eigenvalue weighted by atomic mass is 35.5. The molecule has 0 aliphatic heterocycles. The molecule has 1 amide bonds. The molecule has 1 fully saturated rings. The zero-order valence-electron chi connectivity index (χ0n) is 15.0. The first kappa shape index (κ1) is 19.5. The summed E-state index contributed by atoms with van der Waals surface area (Å²) in [5.74, 6) is 0.148. The number of carbonyl (C=O) groups is 1. The monoisotopic (exact) mass is 368 g/mol. The molecule has 3 N–H and O–H groups in total. The molecule has 0 unspecified atom stereocenters. The third-order valence-corrected chi connectivity index (χ3v) is 4.34. The molecule has 1 aromatic carbocycles. The van der Waals surface area contributed by atoms with Gasteiger partial charge in [0.25, 0.3) is 0 Å². The Hall–Kier alpha value is -1.82. The minimum atomic E-state index is -0.353. The second-order valence-corrected chi connectivity index (χ2v) is 7.31. The van der Waals surface area contributed by atoms with E-state index in [0.717, 1.165) is 18.4 Å². The van der Waals surface area contributed by atoms with Gasteiger partial charge >= 0.3 is 0 Å². The van der Waals surface area contributed by atoms with Crippen molar-refractivity contribution in [2.75, 3.05) is 19.6 Å².